The fraction of sp³-hybridized carbons (Fsp3) is 0.344. The van der Waals surface area contributed by atoms with Gasteiger partial charge in [-0.3, -0.25) is 14.2 Å². The number of para-hydroxylation sites is 1. The molecule has 4 aromatic rings. The van der Waals surface area contributed by atoms with Crippen molar-refractivity contribution >= 4 is 34.2 Å². The van der Waals surface area contributed by atoms with E-state index in [4.69, 9.17) is 14.5 Å². The Kier molecular flexibility index (Phi) is 7.91. The van der Waals surface area contributed by atoms with Gasteiger partial charge in [-0.05, 0) is 65.0 Å². The highest BCUT2D eigenvalue weighted by atomic mass is 32.1. The number of fused-ring (bicyclic) bond motifs is 2. The second-order valence-electron chi connectivity index (χ2n) is 10.3. The predicted molar refractivity (Wildman–Crippen MR) is 164 cm³/mol. The van der Waals surface area contributed by atoms with Crippen LogP contribution in [0.1, 0.15) is 57.8 Å². The van der Waals surface area contributed by atoms with E-state index in [1.54, 1.807) is 35.8 Å². The first-order chi connectivity index (χ1) is 19.7. The number of ether oxygens (including phenoxy) is 2. The number of thiazole rings is 1. The van der Waals surface area contributed by atoms with Crippen LogP contribution in [0.4, 0.5) is 0 Å². The molecule has 0 bridgehead atoms. The number of nitrogens with zero attached hydrogens (tertiary/aromatic N) is 4. The van der Waals surface area contributed by atoms with E-state index < -0.39 is 6.04 Å². The summed E-state index contributed by atoms with van der Waals surface area (Å²) in [5, 5.41) is 1.08. The monoisotopic (exact) mass is 572 g/mol. The number of carbonyl (C=O) groups is 1. The fourth-order valence-electron chi connectivity index (χ4n) is 5.54. The van der Waals surface area contributed by atoms with E-state index in [9.17, 15) is 9.59 Å². The van der Waals surface area contributed by atoms with Gasteiger partial charge in [0.15, 0.2) is 4.80 Å². The molecule has 5 rings (SSSR count). The van der Waals surface area contributed by atoms with E-state index in [1.807, 2.05) is 45.0 Å². The second-order valence-corrected chi connectivity index (χ2v) is 11.3. The first-order valence-corrected chi connectivity index (χ1v) is 14.7. The van der Waals surface area contributed by atoms with Gasteiger partial charge in [-0.25, -0.2) is 4.99 Å². The highest BCUT2D eigenvalue weighted by Crippen LogP contribution is 2.38. The molecule has 9 heteroatoms. The van der Waals surface area contributed by atoms with Crippen LogP contribution in [0.5, 0.6) is 11.5 Å². The molecule has 0 fully saturated rings. The molecule has 2 aromatic heterocycles. The van der Waals surface area contributed by atoms with Crippen molar-refractivity contribution in [3.05, 3.63) is 90.7 Å². The van der Waals surface area contributed by atoms with Crippen molar-refractivity contribution in [3.63, 3.8) is 0 Å². The average Bonchev–Trinajstić information content (AvgIpc) is 3.49. The molecule has 0 unspecified atom stereocenters. The van der Waals surface area contributed by atoms with Gasteiger partial charge in [-0.1, -0.05) is 29.5 Å². The van der Waals surface area contributed by atoms with Gasteiger partial charge >= 0.3 is 0 Å². The fourth-order valence-corrected chi connectivity index (χ4v) is 6.58. The number of rotatable bonds is 8. The number of methoxy groups -OCH3 is 2. The van der Waals surface area contributed by atoms with Crippen LogP contribution in [0.3, 0.4) is 0 Å². The van der Waals surface area contributed by atoms with Crippen molar-refractivity contribution in [3.8, 4) is 11.5 Å². The Balaban J connectivity index is 1.80. The van der Waals surface area contributed by atoms with Gasteiger partial charge in [0.2, 0.25) is 0 Å². The zero-order valence-corrected chi connectivity index (χ0v) is 25.4. The van der Waals surface area contributed by atoms with Gasteiger partial charge < -0.3 is 18.9 Å². The SMILES string of the molecule is CCN(CC)C(=O)C1=C(C)N=c2s/c(=C/c3cn(C(C)C)c4ccccc34)c(=O)n2[C@H]1c1cc(OC)ccc1OC. The van der Waals surface area contributed by atoms with Crippen molar-refractivity contribution in [1.29, 1.82) is 0 Å². The van der Waals surface area contributed by atoms with Crippen LogP contribution in [0.25, 0.3) is 17.0 Å². The average molecular weight is 573 g/mol. The number of hydrogen-bond acceptors (Lipinski definition) is 6. The standard InChI is InChI=1S/C32H36N4O4S/c1-8-34(9-2)31(38)28-20(5)33-32-36(29(28)24-17-22(39-6)14-15-26(24)40-7)30(37)27(41-32)16-21-18-35(19(3)4)25-13-11-10-12-23(21)25/h10-19,29H,8-9H2,1-7H3/b27-16+/t29-/m0/s1. The van der Waals surface area contributed by atoms with Crippen molar-refractivity contribution in [1.82, 2.24) is 14.0 Å². The minimum Gasteiger partial charge on any atom is -0.497 e. The summed E-state index contributed by atoms with van der Waals surface area (Å²) in [4.78, 5) is 35.3. The third kappa shape index (κ3) is 4.88. The largest absolute Gasteiger partial charge is 0.497 e. The molecule has 1 atom stereocenters. The van der Waals surface area contributed by atoms with Crippen LogP contribution in [-0.4, -0.2) is 47.3 Å². The lowest BCUT2D eigenvalue weighted by atomic mass is 9.93. The molecule has 0 saturated carbocycles. The van der Waals surface area contributed by atoms with Crippen LogP contribution < -0.4 is 24.4 Å². The maximum atomic E-state index is 14.3. The minimum absolute atomic E-state index is 0.152. The van der Waals surface area contributed by atoms with E-state index in [0.29, 0.717) is 50.8 Å². The topological polar surface area (TPSA) is 78.1 Å². The molecule has 0 aliphatic carbocycles. The van der Waals surface area contributed by atoms with Crippen molar-refractivity contribution in [2.75, 3.05) is 27.3 Å². The van der Waals surface area contributed by atoms with Gasteiger partial charge in [0, 0.05) is 47.4 Å². The molecule has 214 valence electrons. The third-order valence-electron chi connectivity index (χ3n) is 7.65. The van der Waals surface area contributed by atoms with Gasteiger partial charge in [0.25, 0.3) is 11.5 Å². The lowest BCUT2D eigenvalue weighted by molar-refractivity contribution is -0.127. The normalized spacial score (nSPS) is 15.3. The molecule has 0 spiro atoms. The molecule has 0 radical (unpaired) electrons. The molecule has 1 amide bonds. The smallest absolute Gasteiger partial charge is 0.271 e. The zero-order valence-electron chi connectivity index (χ0n) is 24.6. The number of aromatic nitrogens is 2. The summed E-state index contributed by atoms with van der Waals surface area (Å²) in [5.41, 5.74) is 3.58. The molecule has 41 heavy (non-hydrogen) atoms. The second kappa shape index (κ2) is 11.4. The van der Waals surface area contributed by atoms with E-state index in [-0.39, 0.29) is 17.5 Å². The number of likely N-dealkylation sites (N-methyl/N-ethyl adjacent to an activating group) is 1. The molecule has 1 aliphatic rings. The van der Waals surface area contributed by atoms with Crippen LogP contribution in [0.15, 0.2) is 69.7 Å². The molecular formula is C32H36N4O4S. The summed E-state index contributed by atoms with van der Waals surface area (Å²) in [6.45, 7) is 11.1. The minimum atomic E-state index is -0.733. The first-order valence-electron chi connectivity index (χ1n) is 13.9. The Morgan fingerprint density at radius 1 is 1.12 bits per heavy atom. The Hall–Kier alpha value is -4.11. The quantitative estimate of drug-likeness (QED) is 0.308. The van der Waals surface area contributed by atoms with E-state index >= 15 is 0 Å². The van der Waals surface area contributed by atoms with Gasteiger partial charge in [0.1, 0.15) is 17.5 Å². The molecule has 0 N–H and O–H groups in total. The lowest BCUT2D eigenvalue weighted by Crippen LogP contribution is -2.43. The Bertz CT molecular complexity index is 1840. The van der Waals surface area contributed by atoms with E-state index in [0.717, 1.165) is 16.5 Å². The van der Waals surface area contributed by atoms with Crippen LogP contribution in [-0.2, 0) is 4.79 Å². The summed E-state index contributed by atoms with van der Waals surface area (Å²) in [7, 11) is 3.18. The number of carbonyl (C=O) groups excluding carboxylic acids is 1. The number of hydrogen-bond donors (Lipinski definition) is 0. The lowest BCUT2D eigenvalue weighted by Gasteiger charge is -2.30. The maximum absolute atomic E-state index is 14.3. The number of allylic oxidation sites excluding steroid dienone is 1. The molecule has 0 saturated heterocycles. The summed E-state index contributed by atoms with van der Waals surface area (Å²) in [6, 6.07) is 13.2. The van der Waals surface area contributed by atoms with Crippen molar-refractivity contribution in [2.24, 2.45) is 4.99 Å². The predicted octanol–water partition coefficient (Wildman–Crippen LogP) is 4.66. The van der Waals surface area contributed by atoms with E-state index in [2.05, 4.69) is 36.7 Å². The zero-order chi connectivity index (χ0) is 29.4. The highest BCUT2D eigenvalue weighted by molar-refractivity contribution is 7.07. The maximum Gasteiger partial charge on any atom is 0.271 e. The van der Waals surface area contributed by atoms with Gasteiger partial charge in [-0.15, -0.1) is 0 Å². The molecule has 1 aliphatic heterocycles. The first kappa shape index (κ1) is 28.4. The van der Waals surface area contributed by atoms with E-state index in [1.165, 1.54) is 11.3 Å². The Morgan fingerprint density at radius 3 is 2.51 bits per heavy atom. The van der Waals surface area contributed by atoms with Gasteiger partial charge in [0.05, 0.1) is 30.0 Å². The van der Waals surface area contributed by atoms with Crippen molar-refractivity contribution < 1.29 is 14.3 Å². The Labute approximate surface area is 243 Å². The summed E-state index contributed by atoms with van der Waals surface area (Å²) >= 11 is 1.33. The third-order valence-corrected chi connectivity index (χ3v) is 8.63. The van der Waals surface area contributed by atoms with Gasteiger partial charge in [-0.2, -0.15) is 0 Å². The molecule has 8 nitrogen and oxygen atoms in total. The Morgan fingerprint density at radius 2 is 1.85 bits per heavy atom. The molecular weight excluding hydrogens is 536 g/mol. The molecule has 3 heterocycles. The van der Waals surface area contributed by atoms with Crippen molar-refractivity contribution in [2.45, 2.75) is 46.7 Å². The summed E-state index contributed by atoms with van der Waals surface area (Å²) in [5.74, 6) is 1.01. The number of amides is 1. The van der Waals surface area contributed by atoms with Crippen LogP contribution >= 0.6 is 11.3 Å². The summed E-state index contributed by atoms with van der Waals surface area (Å²) < 4.78 is 15.7. The highest BCUT2D eigenvalue weighted by Gasteiger charge is 2.36. The number of benzene rings is 2. The van der Waals surface area contributed by atoms with Crippen LogP contribution in [0.2, 0.25) is 0 Å². The summed E-state index contributed by atoms with van der Waals surface area (Å²) in [6.07, 6.45) is 4.03. The van der Waals surface area contributed by atoms with Crippen LogP contribution in [0, 0.1) is 0 Å². The molecule has 2 aromatic carbocycles.